The van der Waals surface area contributed by atoms with E-state index in [9.17, 15) is 9.90 Å². The molecule has 1 aliphatic carbocycles. The second-order valence-corrected chi connectivity index (χ2v) is 4.08. The van der Waals surface area contributed by atoms with Crippen molar-refractivity contribution in [2.45, 2.75) is 51.7 Å². The van der Waals surface area contributed by atoms with Crippen LogP contribution in [0.2, 0.25) is 0 Å². The molecule has 2 N–H and O–H groups in total. The van der Waals surface area contributed by atoms with Gasteiger partial charge in [-0.1, -0.05) is 12.8 Å². The molecule has 0 radical (unpaired) electrons. The summed E-state index contributed by atoms with van der Waals surface area (Å²) in [4.78, 5) is 13.5. The largest absolute Gasteiger partial charge is 0.391 e. The van der Waals surface area contributed by atoms with Gasteiger partial charge in [0.05, 0.1) is 12.1 Å². The minimum atomic E-state index is -0.363. The summed E-state index contributed by atoms with van der Waals surface area (Å²) in [5.74, 6) is 0. The topological polar surface area (TPSA) is 52.6 Å². The molecule has 1 aliphatic rings. The summed E-state index contributed by atoms with van der Waals surface area (Å²) in [5.41, 5.74) is 0. The Morgan fingerprint density at radius 2 is 1.93 bits per heavy atom. The van der Waals surface area contributed by atoms with Crippen molar-refractivity contribution in [3.8, 4) is 0 Å². The van der Waals surface area contributed by atoms with Crippen LogP contribution in [0.3, 0.4) is 0 Å². The van der Waals surface area contributed by atoms with Crippen molar-refractivity contribution in [1.82, 2.24) is 10.2 Å². The number of nitrogens with one attached hydrogen (secondary N) is 1. The maximum absolute atomic E-state index is 11.7. The van der Waals surface area contributed by atoms with Crippen molar-refractivity contribution >= 4 is 6.03 Å². The van der Waals surface area contributed by atoms with Gasteiger partial charge in [-0.3, -0.25) is 0 Å². The number of rotatable bonds is 3. The molecule has 88 valence electrons. The van der Waals surface area contributed by atoms with E-state index < -0.39 is 0 Å². The SMILES string of the molecule is CCN(CC)C(=O)N[C@H]1CCCC[C@@H]1O. The number of hydrogen-bond donors (Lipinski definition) is 2. The molecule has 2 amide bonds. The number of aliphatic hydroxyl groups excluding tert-OH is 1. The quantitative estimate of drug-likeness (QED) is 0.745. The summed E-state index contributed by atoms with van der Waals surface area (Å²) in [6.07, 6.45) is 3.51. The van der Waals surface area contributed by atoms with Gasteiger partial charge in [-0.15, -0.1) is 0 Å². The minimum Gasteiger partial charge on any atom is -0.391 e. The zero-order chi connectivity index (χ0) is 11.3. The fourth-order valence-electron chi connectivity index (χ4n) is 2.04. The van der Waals surface area contributed by atoms with E-state index in [0.29, 0.717) is 13.1 Å². The third-order valence-corrected chi connectivity index (χ3v) is 3.09. The molecule has 0 aliphatic heterocycles. The molecular weight excluding hydrogens is 192 g/mol. The summed E-state index contributed by atoms with van der Waals surface area (Å²) in [7, 11) is 0. The fraction of sp³-hybridized carbons (Fsp3) is 0.909. The van der Waals surface area contributed by atoms with Crippen molar-refractivity contribution < 1.29 is 9.90 Å². The number of nitrogens with zero attached hydrogens (tertiary/aromatic N) is 1. The van der Waals surface area contributed by atoms with E-state index in [1.807, 2.05) is 13.8 Å². The minimum absolute atomic E-state index is 0.0492. The summed E-state index contributed by atoms with van der Waals surface area (Å²) in [5, 5.41) is 12.6. The molecule has 0 spiro atoms. The molecule has 15 heavy (non-hydrogen) atoms. The summed E-state index contributed by atoms with van der Waals surface area (Å²) in [6.45, 7) is 5.34. The van der Waals surface area contributed by atoms with Gasteiger partial charge < -0.3 is 15.3 Å². The smallest absolute Gasteiger partial charge is 0.317 e. The van der Waals surface area contributed by atoms with E-state index in [2.05, 4.69) is 5.32 Å². The summed E-state index contributed by atoms with van der Waals surface area (Å²) in [6, 6.07) is -0.0993. The Morgan fingerprint density at radius 3 is 2.47 bits per heavy atom. The fourth-order valence-corrected chi connectivity index (χ4v) is 2.04. The van der Waals surface area contributed by atoms with Crippen LogP contribution < -0.4 is 5.32 Å². The lowest BCUT2D eigenvalue weighted by molar-refractivity contribution is 0.0903. The molecule has 0 aromatic heterocycles. The van der Waals surface area contributed by atoms with Gasteiger partial charge in [-0.05, 0) is 26.7 Å². The first kappa shape index (κ1) is 12.3. The highest BCUT2D eigenvalue weighted by Crippen LogP contribution is 2.18. The van der Waals surface area contributed by atoms with Gasteiger partial charge in [0, 0.05) is 13.1 Å². The molecule has 4 heteroatoms. The molecule has 1 rings (SSSR count). The first-order valence-electron chi connectivity index (χ1n) is 5.92. The van der Waals surface area contributed by atoms with Crippen molar-refractivity contribution in [3.63, 3.8) is 0 Å². The van der Waals surface area contributed by atoms with Gasteiger partial charge in [-0.25, -0.2) is 4.79 Å². The maximum atomic E-state index is 11.7. The average molecular weight is 214 g/mol. The predicted octanol–water partition coefficient (Wildman–Crippen LogP) is 1.34. The lowest BCUT2D eigenvalue weighted by Gasteiger charge is -2.30. The molecule has 0 aromatic rings. The van der Waals surface area contributed by atoms with Crippen molar-refractivity contribution in [2.24, 2.45) is 0 Å². The Balaban J connectivity index is 2.41. The molecular formula is C11H22N2O2. The van der Waals surface area contributed by atoms with Crippen LogP contribution in [0.1, 0.15) is 39.5 Å². The standard InChI is InChI=1S/C11H22N2O2/c1-3-13(4-2)11(15)12-9-7-5-6-8-10(9)14/h9-10,14H,3-8H2,1-2H3,(H,12,15)/t9-,10-/m0/s1. The number of urea groups is 1. The third kappa shape index (κ3) is 3.38. The zero-order valence-electron chi connectivity index (χ0n) is 9.70. The van der Waals surface area contributed by atoms with E-state index in [1.165, 1.54) is 0 Å². The van der Waals surface area contributed by atoms with E-state index in [4.69, 9.17) is 0 Å². The molecule has 0 aromatic carbocycles. The molecule has 1 saturated carbocycles. The van der Waals surface area contributed by atoms with Crippen LogP contribution in [0.15, 0.2) is 0 Å². The van der Waals surface area contributed by atoms with Gasteiger partial charge in [0.1, 0.15) is 0 Å². The Bertz CT molecular complexity index is 205. The highest BCUT2D eigenvalue weighted by molar-refractivity contribution is 5.74. The first-order valence-corrected chi connectivity index (χ1v) is 5.92. The Hall–Kier alpha value is -0.770. The third-order valence-electron chi connectivity index (χ3n) is 3.09. The van der Waals surface area contributed by atoms with Crippen LogP contribution in [0, 0.1) is 0 Å². The average Bonchev–Trinajstić information content (AvgIpc) is 2.23. The van der Waals surface area contributed by atoms with E-state index in [0.717, 1.165) is 25.7 Å². The van der Waals surface area contributed by atoms with Crippen LogP contribution in [-0.2, 0) is 0 Å². The number of amides is 2. The van der Waals surface area contributed by atoms with Crippen LogP contribution in [0.25, 0.3) is 0 Å². The normalized spacial score (nSPS) is 26.1. The van der Waals surface area contributed by atoms with Crippen molar-refractivity contribution in [1.29, 1.82) is 0 Å². The van der Waals surface area contributed by atoms with Gasteiger partial charge in [0.25, 0.3) is 0 Å². The second kappa shape index (κ2) is 5.95. The van der Waals surface area contributed by atoms with E-state index in [-0.39, 0.29) is 18.2 Å². The Labute approximate surface area is 91.6 Å². The van der Waals surface area contributed by atoms with Crippen molar-refractivity contribution in [2.75, 3.05) is 13.1 Å². The van der Waals surface area contributed by atoms with Gasteiger partial charge in [-0.2, -0.15) is 0 Å². The van der Waals surface area contributed by atoms with Crippen LogP contribution in [0.5, 0.6) is 0 Å². The molecule has 1 fully saturated rings. The zero-order valence-corrected chi connectivity index (χ0v) is 9.70. The lowest BCUT2D eigenvalue weighted by Crippen LogP contribution is -2.50. The number of carbonyl (C=O) groups excluding carboxylic acids is 1. The van der Waals surface area contributed by atoms with Gasteiger partial charge >= 0.3 is 6.03 Å². The number of hydrogen-bond acceptors (Lipinski definition) is 2. The summed E-state index contributed by atoms with van der Waals surface area (Å²) >= 11 is 0. The Morgan fingerprint density at radius 1 is 1.33 bits per heavy atom. The monoisotopic (exact) mass is 214 g/mol. The molecule has 0 saturated heterocycles. The van der Waals surface area contributed by atoms with Crippen molar-refractivity contribution in [3.05, 3.63) is 0 Å². The first-order chi connectivity index (χ1) is 7.19. The lowest BCUT2D eigenvalue weighted by atomic mass is 9.93. The molecule has 0 heterocycles. The molecule has 0 bridgehead atoms. The molecule has 4 nitrogen and oxygen atoms in total. The summed E-state index contributed by atoms with van der Waals surface area (Å²) < 4.78 is 0. The van der Waals surface area contributed by atoms with Crippen LogP contribution >= 0.6 is 0 Å². The van der Waals surface area contributed by atoms with Crippen LogP contribution in [-0.4, -0.2) is 41.3 Å². The number of carbonyl (C=O) groups is 1. The van der Waals surface area contributed by atoms with Gasteiger partial charge in [0.2, 0.25) is 0 Å². The highest BCUT2D eigenvalue weighted by Gasteiger charge is 2.25. The molecule has 2 atom stereocenters. The predicted molar refractivity (Wildman–Crippen MR) is 59.7 cm³/mol. The van der Waals surface area contributed by atoms with Gasteiger partial charge in [0.15, 0.2) is 0 Å². The van der Waals surface area contributed by atoms with E-state index >= 15 is 0 Å². The van der Waals surface area contributed by atoms with E-state index in [1.54, 1.807) is 4.90 Å². The maximum Gasteiger partial charge on any atom is 0.317 e. The number of aliphatic hydroxyl groups is 1. The molecule has 0 unspecified atom stereocenters. The highest BCUT2D eigenvalue weighted by atomic mass is 16.3. The van der Waals surface area contributed by atoms with Crippen LogP contribution in [0.4, 0.5) is 4.79 Å². The Kier molecular flexibility index (Phi) is 4.88. The second-order valence-electron chi connectivity index (χ2n) is 4.08.